The van der Waals surface area contributed by atoms with E-state index in [1.807, 2.05) is 6.92 Å². The van der Waals surface area contributed by atoms with Gasteiger partial charge in [-0.2, -0.15) is 5.10 Å². The van der Waals surface area contributed by atoms with Crippen LogP contribution >= 0.6 is 0 Å². The zero-order valence-electron chi connectivity index (χ0n) is 9.55. The molecule has 0 saturated carbocycles. The third kappa shape index (κ3) is 3.58. The fourth-order valence-electron chi connectivity index (χ4n) is 1.31. The Morgan fingerprint density at radius 2 is 2.31 bits per heavy atom. The van der Waals surface area contributed by atoms with Gasteiger partial charge in [0.15, 0.2) is 0 Å². The van der Waals surface area contributed by atoms with Crippen molar-refractivity contribution in [2.45, 2.75) is 30.7 Å². The summed E-state index contributed by atoms with van der Waals surface area (Å²) in [5, 5.41) is 3.81. The Morgan fingerprint density at radius 3 is 2.81 bits per heavy atom. The minimum absolute atomic E-state index is 0.142. The number of hydrogen-bond donors (Lipinski definition) is 2. The van der Waals surface area contributed by atoms with Crippen molar-refractivity contribution in [3.05, 3.63) is 12.4 Å². The molecule has 92 valence electrons. The van der Waals surface area contributed by atoms with E-state index in [2.05, 4.69) is 9.82 Å². The number of nitrogens with zero attached hydrogens (tertiary/aromatic N) is 2. The van der Waals surface area contributed by atoms with Crippen LogP contribution < -0.4 is 10.5 Å². The molecule has 3 N–H and O–H groups in total. The molecule has 1 heterocycles. The maximum absolute atomic E-state index is 11.7. The Hall–Kier alpha value is -0.920. The maximum Gasteiger partial charge on any atom is 0.243 e. The smallest absolute Gasteiger partial charge is 0.243 e. The molecule has 1 atom stereocenters. The highest BCUT2D eigenvalue weighted by atomic mass is 32.2. The first-order chi connectivity index (χ1) is 7.45. The Labute approximate surface area is 95.9 Å². The van der Waals surface area contributed by atoms with Gasteiger partial charge in [0.2, 0.25) is 10.0 Å². The first-order valence-corrected chi connectivity index (χ1v) is 6.68. The van der Waals surface area contributed by atoms with Crippen LogP contribution in [0, 0.1) is 0 Å². The highest BCUT2D eigenvalue weighted by Gasteiger charge is 2.16. The van der Waals surface area contributed by atoms with Crippen LogP contribution in [0.15, 0.2) is 17.3 Å². The normalized spacial score (nSPS) is 13.9. The van der Waals surface area contributed by atoms with E-state index in [4.69, 9.17) is 5.73 Å². The summed E-state index contributed by atoms with van der Waals surface area (Å²) >= 11 is 0. The summed E-state index contributed by atoms with van der Waals surface area (Å²) in [7, 11) is -1.80. The van der Waals surface area contributed by atoms with Crippen molar-refractivity contribution in [2.24, 2.45) is 12.8 Å². The topological polar surface area (TPSA) is 90.0 Å². The van der Waals surface area contributed by atoms with Crippen LogP contribution in [-0.2, 0) is 17.1 Å². The summed E-state index contributed by atoms with van der Waals surface area (Å²) in [6.07, 6.45) is 4.51. The number of aryl methyl sites for hydroxylation is 1. The molecule has 0 aliphatic carbocycles. The second kappa shape index (κ2) is 5.42. The van der Waals surface area contributed by atoms with E-state index < -0.39 is 10.0 Å². The molecule has 0 bridgehead atoms. The fraction of sp³-hybridized carbons (Fsp3) is 0.667. The highest BCUT2D eigenvalue weighted by molar-refractivity contribution is 7.89. The van der Waals surface area contributed by atoms with Gasteiger partial charge in [-0.25, -0.2) is 13.1 Å². The first-order valence-electron chi connectivity index (χ1n) is 5.19. The Balaban J connectivity index is 2.59. The molecule has 1 aromatic heterocycles. The quantitative estimate of drug-likeness (QED) is 0.729. The van der Waals surface area contributed by atoms with Crippen LogP contribution in [0.5, 0.6) is 0 Å². The lowest BCUT2D eigenvalue weighted by Gasteiger charge is -2.10. The molecule has 0 aromatic carbocycles. The predicted octanol–water partition coefficient (Wildman–Crippen LogP) is -0.174. The largest absolute Gasteiger partial charge is 0.327 e. The fourth-order valence-corrected chi connectivity index (χ4v) is 2.39. The summed E-state index contributed by atoms with van der Waals surface area (Å²) < 4.78 is 27.4. The zero-order valence-corrected chi connectivity index (χ0v) is 10.4. The van der Waals surface area contributed by atoms with E-state index in [-0.39, 0.29) is 17.5 Å². The predicted molar refractivity (Wildman–Crippen MR) is 61.3 cm³/mol. The number of nitrogens with one attached hydrogen (secondary N) is 1. The average Bonchev–Trinajstić information content (AvgIpc) is 2.63. The number of rotatable bonds is 6. The molecule has 0 radical (unpaired) electrons. The van der Waals surface area contributed by atoms with Crippen LogP contribution in [0.25, 0.3) is 0 Å². The average molecular weight is 246 g/mol. The summed E-state index contributed by atoms with van der Waals surface area (Å²) in [5.74, 6) is 0. The van der Waals surface area contributed by atoms with Gasteiger partial charge in [-0.1, -0.05) is 13.3 Å². The maximum atomic E-state index is 11.7. The summed E-state index contributed by atoms with van der Waals surface area (Å²) in [5.41, 5.74) is 5.73. The Kier molecular flexibility index (Phi) is 4.45. The van der Waals surface area contributed by atoms with Gasteiger partial charge in [-0.05, 0) is 6.42 Å². The summed E-state index contributed by atoms with van der Waals surface area (Å²) in [4.78, 5) is 0.165. The van der Waals surface area contributed by atoms with Crippen molar-refractivity contribution >= 4 is 10.0 Å². The molecule has 1 aromatic rings. The molecule has 0 aliphatic rings. The second-order valence-electron chi connectivity index (χ2n) is 3.75. The third-order valence-corrected chi connectivity index (χ3v) is 3.56. The number of hydrogen-bond acceptors (Lipinski definition) is 4. The van der Waals surface area contributed by atoms with Crippen LogP contribution in [0.2, 0.25) is 0 Å². The minimum Gasteiger partial charge on any atom is -0.327 e. The third-order valence-electron chi connectivity index (χ3n) is 2.19. The molecule has 6 nitrogen and oxygen atoms in total. The minimum atomic E-state index is -3.47. The molecule has 0 amide bonds. The second-order valence-corrected chi connectivity index (χ2v) is 5.52. The molecule has 0 spiro atoms. The lowest BCUT2D eigenvalue weighted by atomic mass is 10.2. The monoisotopic (exact) mass is 246 g/mol. The van der Waals surface area contributed by atoms with Gasteiger partial charge in [-0.3, -0.25) is 4.68 Å². The van der Waals surface area contributed by atoms with E-state index in [1.54, 1.807) is 7.05 Å². The molecular formula is C9H18N4O2S. The molecule has 1 unspecified atom stereocenters. The molecular weight excluding hydrogens is 228 g/mol. The lowest BCUT2D eigenvalue weighted by molar-refractivity contribution is 0.552. The Morgan fingerprint density at radius 1 is 1.62 bits per heavy atom. The lowest BCUT2D eigenvalue weighted by Crippen LogP contribution is -2.36. The molecule has 0 aliphatic heterocycles. The molecule has 0 fully saturated rings. The first kappa shape index (κ1) is 13.1. The van der Waals surface area contributed by atoms with E-state index in [0.717, 1.165) is 12.8 Å². The number of aromatic nitrogens is 2. The van der Waals surface area contributed by atoms with E-state index in [1.165, 1.54) is 17.1 Å². The standard InChI is InChI=1S/C9H18N4O2S/c1-3-4-8(10)5-12-16(14,15)9-6-11-13(2)7-9/h6-8,12H,3-5,10H2,1-2H3. The van der Waals surface area contributed by atoms with Gasteiger partial charge in [0.25, 0.3) is 0 Å². The van der Waals surface area contributed by atoms with Crippen LogP contribution in [0.4, 0.5) is 0 Å². The van der Waals surface area contributed by atoms with Crippen LogP contribution in [0.1, 0.15) is 19.8 Å². The molecule has 1 rings (SSSR count). The van der Waals surface area contributed by atoms with Crippen molar-refractivity contribution in [1.82, 2.24) is 14.5 Å². The van der Waals surface area contributed by atoms with Crippen molar-refractivity contribution in [1.29, 1.82) is 0 Å². The van der Waals surface area contributed by atoms with Crippen molar-refractivity contribution in [3.8, 4) is 0 Å². The molecule has 7 heteroatoms. The van der Waals surface area contributed by atoms with Gasteiger partial charge in [0.05, 0.1) is 6.20 Å². The Bertz CT molecular complexity index is 426. The van der Waals surface area contributed by atoms with E-state index in [0.29, 0.717) is 0 Å². The number of nitrogens with two attached hydrogens (primary N) is 1. The van der Waals surface area contributed by atoms with Gasteiger partial charge >= 0.3 is 0 Å². The molecule has 0 saturated heterocycles. The van der Waals surface area contributed by atoms with Crippen LogP contribution in [-0.4, -0.2) is 30.8 Å². The van der Waals surface area contributed by atoms with Gasteiger partial charge in [-0.15, -0.1) is 0 Å². The highest BCUT2D eigenvalue weighted by Crippen LogP contribution is 2.05. The van der Waals surface area contributed by atoms with Crippen molar-refractivity contribution in [2.75, 3.05) is 6.54 Å². The van der Waals surface area contributed by atoms with Crippen molar-refractivity contribution < 1.29 is 8.42 Å². The SMILES string of the molecule is CCCC(N)CNS(=O)(=O)c1cnn(C)c1. The van der Waals surface area contributed by atoms with Gasteiger partial charge < -0.3 is 5.73 Å². The zero-order chi connectivity index (χ0) is 12.2. The summed E-state index contributed by atoms with van der Waals surface area (Å²) in [6.45, 7) is 2.26. The molecule has 16 heavy (non-hydrogen) atoms. The van der Waals surface area contributed by atoms with Crippen LogP contribution in [0.3, 0.4) is 0 Å². The van der Waals surface area contributed by atoms with E-state index >= 15 is 0 Å². The summed E-state index contributed by atoms with van der Waals surface area (Å²) in [6, 6.07) is -0.142. The van der Waals surface area contributed by atoms with E-state index in [9.17, 15) is 8.42 Å². The van der Waals surface area contributed by atoms with Gasteiger partial charge in [0.1, 0.15) is 4.90 Å². The van der Waals surface area contributed by atoms with Crippen molar-refractivity contribution in [3.63, 3.8) is 0 Å². The number of sulfonamides is 1. The van der Waals surface area contributed by atoms with Gasteiger partial charge in [0, 0.05) is 25.8 Å².